The molecule has 1 saturated carbocycles. The summed E-state index contributed by atoms with van der Waals surface area (Å²) in [6, 6.07) is 0. The fourth-order valence-electron chi connectivity index (χ4n) is 2.69. The van der Waals surface area contributed by atoms with Crippen LogP contribution in [0.3, 0.4) is 0 Å². The van der Waals surface area contributed by atoms with Crippen LogP contribution >= 0.6 is 0 Å². The standard InChI is InChI=1S/C10H16N2O2/c11-9(13)6-12-5-7-3-1-2-4-8(7)10(12)14/h7-8H,1-6H2,(H2,11,13)/t7-,8+/m1/s1. The van der Waals surface area contributed by atoms with Crippen LogP contribution in [0.1, 0.15) is 25.7 Å². The van der Waals surface area contributed by atoms with Crippen LogP contribution in [0.2, 0.25) is 0 Å². The van der Waals surface area contributed by atoms with E-state index in [1.165, 1.54) is 6.42 Å². The Bertz CT molecular complexity index is 265. The zero-order valence-corrected chi connectivity index (χ0v) is 8.24. The lowest BCUT2D eigenvalue weighted by Crippen LogP contribution is -2.35. The summed E-state index contributed by atoms with van der Waals surface area (Å²) in [5.41, 5.74) is 5.09. The Balaban J connectivity index is 2.02. The third kappa shape index (κ3) is 1.61. The van der Waals surface area contributed by atoms with Crippen LogP contribution < -0.4 is 5.73 Å². The van der Waals surface area contributed by atoms with Gasteiger partial charge in [0.2, 0.25) is 11.8 Å². The molecule has 78 valence electrons. The van der Waals surface area contributed by atoms with Gasteiger partial charge in [-0.3, -0.25) is 9.59 Å². The Morgan fingerprint density at radius 2 is 2.14 bits per heavy atom. The number of fused-ring (bicyclic) bond motifs is 1. The molecule has 4 heteroatoms. The molecule has 0 radical (unpaired) electrons. The number of carbonyl (C=O) groups excluding carboxylic acids is 2. The number of hydrogen-bond acceptors (Lipinski definition) is 2. The van der Waals surface area contributed by atoms with Gasteiger partial charge in [-0.25, -0.2) is 0 Å². The van der Waals surface area contributed by atoms with Gasteiger partial charge >= 0.3 is 0 Å². The number of amides is 2. The van der Waals surface area contributed by atoms with Crippen LogP contribution in [-0.2, 0) is 9.59 Å². The Hall–Kier alpha value is -1.06. The molecule has 2 rings (SSSR count). The Labute approximate surface area is 83.4 Å². The van der Waals surface area contributed by atoms with E-state index in [2.05, 4.69) is 0 Å². The fourth-order valence-corrected chi connectivity index (χ4v) is 2.69. The van der Waals surface area contributed by atoms with Crippen molar-refractivity contribution in [2.24, 2.45) is 17.6 Å². The molecule has 0 spiro atoms. The highest BCUT2D eigenvalue weighted by Gasteiger charge is 2.41. The normalized spacial score (nSPS) is 31.7. The molecule has 1 aliphatic heterocycles. The molecule has 14 heavy (non-hydrogen) atoms. The van der Waals surface area contributed by atoms with Gasteiger partial charge in [-0.15, -0.1) is 0 Å². The second-order valence-electron chi connectivity index (χ2n) is 4.34. The SMILES string of the molecule is NC(=O)CN1C[C@H]2CCCC[C@@H]2C1=O. The van der Waals surface area contributed by atoms with Crippen LogP contribution in [-0.4, -0.2) is 29.8 Å². The minimum absolute atomic E-state index is 0.103. The maximum atomic E-state index is 11.8. The Morgan fingerprint density at radius 1 is 1.43 bits per heavy atom. The molecule has 1 aliphatic carbocycles. The van der Waals surface area contributed by atoms with Gasteiger partial charge in [0.1, 0.15) is 0 Å². The van der Waals surface area contributed by atoms with E-state index in [1.807, 2.05) is 0 Å². The lowest BCUT2D eigenvalue weighted by molar-refractivity contribution is -0.134. The Morgan fingerprint density at radius 3 is 2.79 bits per heavy atom. The third-order valence-corrected chi connectivity index (χ3v) is 3.34. The lowest BCUT2D eigenvalue weighted by Gasteiger charge is -2.21. The maximum absolute atomic E-state index is 11.8. The number of carbonyl (C=O) groups is 2. The van der Waals surface area contributed by atoms with Crippen molar-refractivity contribution in [1.29, 1.82) is 0 Å². The number of nitrogens with two attached hydrogens (primary N) is 1. The molecule has 0 aromatic rings. The number of rotatable bonds is 2. The topological polar surface area (TPSA) is 63.4 Å². The highest BCUT2D eigenvalue weighted by Crippen LogP contribution is 2.36. The summed E-state index contributed by atoms with van der Waals surface area (Å²) in [4.78, 5) is 24.2. The highest BCUT2D eigenvalue weighted by atomic mass is 16.2. The predicted molar refractivity (Wildman–Crippen MR) is 51.2 cm³/mol. The average molecular weight is 196 g/mol. The van der Waals surface area contributed by atoms with E-state index < -0.39 is 5.91 Å². The van der Waals surface area contributed by atoms with Gasteiger partial charge in [-0.2, -0.15) is 0 Å². The number of hydrogen-bond donors (Lipinski definition) is 1. The summed E-state index contributed by atoms with van der Waals surface area (Å²) in [5, 5.41) is 0. The van der Waals surface area contributed by atoms with Crippen molar-refractivity contribution in [1.82, 2.24) is 4.90 Å². The van der Waals surface area contributed by atoms with E-state index in [-0.39, 0.29) is 18.4 Å². The molecule has 0 unspecified atom stereocenters. The number of likely N-dealkylation sites (tertiary alicyclic amines) is 1. The van der Waals surface area contributed by atoms with Crippen LogP contribution in [0.5, 0.6) is 0 Å². The zero-order chi connectivity index (χ0) is 10.1. The summed E-state index contributed by atoms with van der Waals surface area (Å²) in [6.07, 6.45) is 4.50. The van der Waals surface area contributed by atoms with Crippen molar-refractivity contribution in [3.05, 3.63) is 0 Å². The Kier molecular flexibility index (Phi) is 2.44. The quantitative estimate of drug-likeness (QED) is 0.681. The highest BCUT2D eigenvalue weighted by molar-refractivity contribution is 5.86. The largest absolute Gasteiger partial charge is 0.368 e. The van der Waals surface area contributed by atoms with Gasteiger partial charge in [-0.05, 0) is 18.8 Å². The van der Waals surface area contributed by atoms with Gasteiger partial charge < -0.3 is 10.6 Å². The molecule has 0 aromatic carbocycles. The predicted octanol–water partition coefficient (Wildman–Crippen LogP) is 0.120. The minimum Gasteiger partial charge on any atom is -0.368 e. The van der Waals surface area contributed by atoms with Crippen LogP contribution in [0.4, 0.5) is 0 Å². The molecule has 0 bridgehead atoms. The monoisotopic (exact) mass is 196 g/mol. The van der Waals surface area contributed by atoms with E-state index in [9.17, 15) is 9.59 Å². The first kappa shape index (κ1) is 9.49. The van der Waals surface area contributed by atoms with Crippen molar-refractivity contribution >= 4 is 11.8 Å². The van der Waals surface area contributed by atoms with E-state index >= 15 is 0 Å². The van der Waals surface area contributed by atoms with Crippen LogP contribution in [0.15, 0.2) is 0 Å². The second kappa shape index (κ2) is 3.59. The second-order valence-corrected chi connectivity index (χ2v) is 4.34. The van der Waals surface area contributed by atoms with Gasteiger partial charge in [0.05, 0.1) is 6.54 Å². The van der Waals surface area contributed by atoms with Crippen LogP contribution in [0, 0.1) is 11.8 Å². The minimum atomic E-state index is -0.406. The lowest BCUT2D eigenvalue weighted by atomic mass is 9.81. The molecule has 0 aromatic heterocycles. The molecular weight excluding hydrogens is 180 g/mol. The number of primary amides is 1. The van der Waals surface area contributed by atoms with Crippen molar-refractivity contribution < 1.29 is 9.59 Å². The summed E-state index contributed by atoms with van der Waals surface area (Å²) in [7, 11) is 0. The molecule has 1 heterocycles. The van der Waals surface area contributed by atoms with Crippen molar-refractivity contribution in [2.45, 2.75) is 25.7 Å². The van der Waals surface area contributed by atoms with Gasteiger partial charge in [0.25, 0.3) is 0 Å². The van der Waals surface area contributed by atoms with Gasteiger partial charge in [0, 0.05) is 12.5 Å². The summed E-state index contributed by atoms with van der Waals surface area (Å²) >= 11 is 0. The summed E-state index contributed by atoms with van der Waals surface area (Å²) in [5.74, 6) is 0.407. The fraction of sp³-hybridized carbons (Fsp3) is 0.800. The molecule has 2 amide bonds. The average Bonchev–Trinajstić information content (AvgIpc) is 2.44. The maximum Gasteiger partial charge on any atom is 0.237 e. The van der Waals surface area contributed by atoms with Gasteiger partial charge in [-0.1, -0.05) is 12.8 Å². The molecule has 4 nitrogen and oxygen atoms in total. The molecule has 2 aliphatic rings. The van der Waals surface area contributed by atoms with E-state index in [0.717, 1.165) is 25.8 Å². The first-order valence-electron chi connectivity index (χ1n) is 5.25. The van der Waals surface area contributed by atoms with E-state index in [4.69, 9.17) is 5.73 Å². The van der Waals surface area contributed by atoms with Crippen molar-refractivity contribution in [3.63, 3.8) is 0 Å². The molecular formula is C10H16N2O2. The van der Waals surface area contributed by atoms with E-state index in [0.29, 0.717) is 5.92 Å². The first-order valence-corrected chi connectivity index (χ1v) is 5.25. The van der Waals surface area contributed by atoms with Crippen molar-refractivity contribution in [2.75, 3.05) is 13.1 Å². The molecule has 2 N–H and O–H groups in total. The smallest absolute Gasteiger partial charge is 0.237 e. The summed E-state index contributed by atoms with van der Waals surface area (Å²) < 4.78 is 0. The summed E-state index contributed by atoms with van der Waals surface area (Å²) in [6.45, 7) is 0.846. The first-order chi connectivity index (χ1) is 6.68. The molecule has 2 atom stereocenters. The zero-order valence-electron chi connectivity index (χ0n) is 8.24. The van der Waals surface area contributed by atoms with Gasteiger partial charge in [0.15, 0.2) is 0 Å². The molecule has 1 saturated heterocycles. The van der Waals surface area contributed by atoms with E-state index in [1.54, 1.807) is 4.90 Å². The number of nitrogens with zero attached hydrogens (tertiary/aromatic N) is 1. The third-order valence-electron chi connectivity index (χ3n) is 3.34. The van der Waals surface area contributed by atoms with Crippen molar-refractivity contribution in [3.8, 4) is 0 Å². The molecule has 2 fully saturated rings. The van der Waals surface area contributed by atoms with Crippen LogP contribution in [0.25, 0.3) is 0 Å².